The second kappa shape index (κ2) is 4.05. The van der Waals surface area contributed by atoms with Gasteiger partial charge in [-0.25, -0.2) is 0 Å². The lowest BCUT2D eigenvalue weighted by Gasteiger charge is -2.56. The lowest BCUT2D eigenvalue weighted by Crippen LogP contribution is -2.56. The Morgan fingerprint density at radius 1 is 1.38 bits per heavy atom. The van der Waals surface area contributed by atoms with Gasteiger partial charge in [0.05, 0.1) is 6.10 Å². The third kappa shape index (κ3) is 2.01. The zero-order chi connectivity index (χ0) is 12.1. The highest BCUT2D eigenvalue weighted by Crippen LogP contribution is 2.60. The van der Waals surface area contributed by atoms with E-state index in [1.807, 2.05) is 0 Å². The van der Waals surface area contributed by atoms with Gasteiger partial charge >= 0.3 is 0 Å². The van der Waals surface area contributed by atoms with Crippen LogP contribution < -0.4 is 0 Å². The number of rotatable bonds is 0. The average Bonchev–Trinajstić information content (AvgIpc) is 2.13. The van der Waals surface area contributed by atoms with Gasteiger partial charge in [0.25, 0.3) is 0 Å². The van der Waals surface area contributed by atoms with Gasteiger partial charge in [-0.3, -0.25) is 4.67 Å². The van der Waals surface area contributed by atoms with E-state index >= 15 is 0 Å². The molecule has 1 aliphatic carbocycles. The predicted molar refractivity (Wildman–Crippen MR) is 73.4 cm³/mol. The van der Waals surface area contributed by atoms with E-state index in [0.717, 1.165) is 5.92 Å². The maximum atomic E-state index is 6.25. The molecule has 1 heterocycles. The predicted octanol–water partition coefficient (Wildman–Crippen LogP) is 3.47. The van der Waals surface area contributed by atoms with Gasteiger partial charge in [0.15, 0.2) is 0 Å². The van der Waals surface area contributed by atoms with Gasteiger partial charge in [-0.15, -0.1) is 0 Å². The lowest BCUT2D eigenvalue weighted by atomic mass is 9.72. The van der Waals surface area contributed by atoms with E-state index in [4.69, 9.17) is 16.3 Å². The fourth-order valence-electron chi connectivity index (χ4n) is 3.28. The molecule has 1 saturated heterocycles. The maximum Gasteiger partial charge on any atom is 0.129 e. The van der Waals surface area contributed by atoms with Gasteiger partial charge in [-0.1, -0.05) is 25.2 Å². The Labute approximate surface area is 105 Å². The smallest absolute Gasteiger partial charge is 0.129 e. The molecule has 2 nitrogen and oxygen atoms in total. The summed E-state index contributed by atoms with van der Waals surface area (Å²) in [6, 6.07) is 0. The highest BCUT2D eigenvalue weighted by Gasteiger charge is 2.50. The highest BCUT2D eigenvalue weighted by atomic mass is 32.4. The van der Waals surface area contributed by atoms with Crippen molar-refractivity contribution >= 4 is 18.2 Å². The summed E-state index contributed by atoms with van der Waals surface area (Å²) in [7, 11) is 2.15. The van der Waals surface area contributed by atoms with Crippen LogP contribution in [-0.4, -0.2) is 30.0 Å². The minimum Gasteiger partial charge on any atom is -0.334 e. The minimum absolute atomic E-state index is 0.202. The van der Waals surface area contributed by atoms with Gasteiger partial charge in [-0.2, -0.15) is 0 Å². The van der Waals surface area contributed by atoms with E-state index in [9.17, 15) is 0 Å². The van der Waals surface area contributed by atoms with Crippen LogP contribution in [0.2, 0.25) is 0 Å². The molecule has 0 amide bonds. The molecule has 4 atom stereocenters. The Hall–Kier alpha value is 0.570. The Morgan fingerprint density at radius 2 is 2.00 bits per heavy atom. The first-order chi connectivity index (χ1) is 7.25. The summed E-state index contributed by atoms with van der Waals surface area (Å²) in [5.74, 6) is 1.46. The molecular weight excluding hydrogens is 237 g/mol. The van der Waals surface area contributed by atoms with Crippen molar-refractivity contribution in [1.29, 1.82) is 0 Å². The van der Waals surface area contributed by atoms with E-state index in [-0.39, 0.29) is 5.54 Å². The summed E-state index contributed by atoms with van der Waals surface area (Å²) in [6.07, 6.45) is 2.49. The van der Waals surface area contributed by atoms with Gasteiger partial charge < -0.3 is 4.52 Å². The van der Waals surface area contributed by atoms with Crippen LogP contribution in [-0.2, 0) is 16.3 Å². The zero-order valence-electron chi connectivity index (χ0n) is 11.1. The van der Waals surface area contributed by atoms with Crippen molar-refractivity contribution in [2.24, 2.45) is 11.8 Å². The standard InChI is InChI=1S/C12H24NOPS/c1-9-6-7-10-11(8-9)14-15(5,16)13(4)12(10,2)3/h9-11H,6-8H2,1-5H3. The topological polar surface area (TPSA) is 12.5 Å². The Balaban J connectivity index is 2.29. The molecule has 0 radical (unpaired) electrons. The third-order valence-corrected chi connectivity index (χ3v) is 7.93. The van der Waals surface area contributed by atoms with E-state index < -0.39 is 6.42 Å². The van der Waals surface area contributed by atoms with E-state index in [1.165, 1.54) is 19.3 Å². The number of hydrogen-bond acceptors (Lipinski definition) is 2. The van der Waals surface area contributed by atoms with Crippen LogP contribution in [0.1, 0.15) is 40.0 Å². The SMILES string of the molecule is CC1CCC2C(C1)OP(C)(=S)N(C)C2(C)C. The summed E-state index contributed by atoms with van der Waals surface area (Å²) in [5, 5.41) is 0. The van der Waals surface area contributed by atoms with Crippen molar-refractivity contribution in [3.05, 3.63) is 0 Å². The first kappa shape index (κ1) is 13.0. The van der Waals surface area contributed by atoms with E-state index in [2.05, 4.69) is 39.2 Å². The second-order valence-electron chi connectivity index (χ2n) is 6.15. The summed E-state index contributed by atoms with van der Waals surface area (Å²) in [6.45, 7) is 9.14. The summed E-state index contributed by atoms with van der Waals surface area (Å²) >= 11 is 5.69. The van der Waals surface area contributed by atoms with Crippen molar-refractivity contribution in [2.75, 3.05) is 13.7 Å². The molecular formula is C12H24NOPS. The molecule has 4 heteroatoms. The fraction of sp³-hybridized carbons (Fsp3) is 1.00. The van der Waals surface area contributed by atoms with Crippen molar-refractivity contribution in [3.63, 3.8) is 0 Å². The molecule has 0 N–H and O–H groups in total. The quantitative estimate of drug-likeness (QED) is 0.620. The van der Waals surface area contributed by atoms with E-state index in [0.29, 0.717) is 12.0 Å². The highest BCUT2D eigenvalue weighted by molar-refractivity contribution is 8.10. The Morgan fingerprint density at radius 3 is 2.62 bits per heavy atom. The molecule has 1 aliphatic heterocycles. The molecule has 2 rings (SSSR count). The molecule has 2 aliphatic rings. The van der Waals surface area contributed by atoms with Crippen LogP contribution in [0.5, 0.6) is 0 Å². The number of fused-ring (bicyclic) bond motifs is 1. The normalized spacial score (nSPS) is 48.7. The monoisotopic (exact) mass is 261 g/mol. The van der Waals surface area contributed by atoms with Gasteiger partial charge in [0.2, 0.25) is 0 Å². The van der Waals surface area contributed by atoms with Crippen LogP contribution >= 0.6 is 6.42 Å². The molecule has 94 valence electrons. The molecule has 0 bridgehead atoms. The zero-order valence-corrected chi connectivity index (χ0v) is 12.8. The van der Waals surface area contributed by atoms with Crippen molar-refractivity contribution < 1.29 is 4.52 Å². The van der Waals surface area contributed by atoms with Gasteiger partial charge in [0.1, 0.15) is 6.42 Å². The van der Waals surface area contributed by atoms with Crippen molar-refractivity contribution in [2.45, 2.75) is 51.7 Å². The van der Waals surface area contributed by atoms with Crippen LogP contribution in [0.3, 0.4) is 0 Å². The molecule has 1 saturated carbocycles. The minimum atomic E-state index is -1.75. The van der Waals surface area contributed by atoms with Crippen LogP contribution in [0.15, 0.2) is 0 Å². The molecule has 0 aromatic carbocycles. The largest absolute Gasteiger partial charge is 0.334 e. The number of nitrogens with zero attached hydrogens (tertiary/aromatic N) is 1. The van der Waals surface area contributed by atoms with Crippen LogP contribution in [0.25, 0.3) is 0 Å². The molecule has 16 heavy (non-hydrogen) atoms. The third-order valence-electron chi connectivity index (χ3n) is 4.67. The second-order valence-corrected chi connectivity index (χ2v) is 10.6. The van der Waals surface area contributed by atoms with Gasteiger partial charge in [0, 0.05) is 18.1 Å². The molecule has 4 unspecified atom stereocenters. The van der Waals surface area contributed by atoms with Gasteiger partial charge in [-0.05, 0) is 39.7 Å². The molecule has 0 aromatic rings. The number of hydrogen-bond donors (Lipinski definition) is 0. The lowest BCUT2D eigenvalue weighted by molar-refractivity contribution is -0.0288. The molecule has 0 spiro atoms. The maximum absolute atomic E-state index is 6.25. The first-order valence-corrected chi connectivity index (χ1v) is 9.37. The van der Waals surface area contributed by atoms with E-state index in [1.54, 1.807) is 0 Å². The van der Waals surface area contributed by atoms with Crippen molar-refractivity contribution in [3.8, 4) is 0 Å². The Bertz CT molecular complexity index is 331. The summed E-state index contributed by atoms with van der Waals surface area (Å²) in [5.41, 5.74) is 0.202. The Kier molecular flexibility index (Phi) is 3.29. The summed E-state index contributed by atoms with van der Waals surface area (Å²) in [4.78, 5) is 0. The average molecular weight is 261 g/mol. The molecule has 2 fully saturated rings. The first-order valence-electron chi connectivity index (χ1n) is 6.25. The van der Waals surface area contributed by atoms with Crippen LogP contribution in [0, 0.1) is 11.8 Å². The molecule has 0 aromatic heterocycles. The van der Waals surface area contributed by atoms with Crippen molar-refractivity contribution in [1.82, 2.24) is 4.67 Å². The van der Waals surface area contributed by atoms with Crippen LogP contribution in [0.4, 0.5) is 0 Å². The fourth-order valence-corrected chi connectivity index (χ4v) is 6.21. The summed E-state index contributed by atoms with van der Waals surface area (Å²) < 4.78 is 8.59.